The number of carbonyl (C=O) groups is 2. The Morgan fingerprint density at radius 2 is 2.00 bits per heavy atom. The van der Waals surface area contributed by atoms with Crippen LogP contribution in [0.2, 0.25) is 0 Å². The van der Waals surface area contributed by atoms with Gasteiger partial charge in [0.25, 0.3) is 5.91 Å². The van der Waals surface area contributed by atoms with Crippen LogP contribution in [0, 0.1) is 0 Å². The quantitative estimate of drug-likeness (QED) is 0.654. The van der Waals surface area contributed by atoms with Gasteiger partial charge in [0.2, 0.25) is 0 Å². The van der Waals surface area contributed by atoms with Gasteiger partial charge < -0.3 is 19.9 Å². The average Bonchev–Trinajstić information content (AvgIpc) is 2.68. The molecule has 0 aliphatic heterocycles. The first-order chi connectivity index (χ1) is 13.0. The Labute approximate surface area is 158 Å². The Balaban J connectivity index is 2.10. The molecule has 0 fully saturated rings. The number of hydrogen-bond donors (Lipinski definition) is 2. The largest absolute Gasteiger partial charge is 0.493 e. The molecule has 0 radical (unpaired) electrons. The lowest BCUT2D eigenvalue weighted by Gasteiger charge is -2.17. The predicted octanol–water partition coefficient (Wildman–Crippen LogP) is 3.46. The first kappa shape index (κ1) is 20.2. The minimum Gasteiger partial charge on any atom is -0.493 e. The number of ether oxygens (including phenoxy) is 2. The fourth-order valence-electron chi connectivity index (χ4n) is 2.45. The molecular formula is C20H24N2O5. The molecule has 2 aromatic rings. The van der Waals surface area contributed by atoms with E-state index in [1.807, 2.05) is 25.1 Å². The fraction of sp³-hybridized carbons (Fsp3) is 0.350. The first-order valence-corrected chi connectivity index (χ1v) is 8.77. The molecule has 2 rings (SSSR count). The highest BCUT2D eigenvalue weighted by atomic mass is 16.5. The van der Waals surface area contributed by atoms with Crippen LogP contribution in [0.1, 0.15) is 59.1 Å². The second-order valence-electron chi connectivity index (χ2n) is 6.04. The summed E-state index contributed by atoms with van der Waals surface area (Å²) in [6.45, 7) is 4.55. The second-order valence-corrected chi connectivity index (χ2v) is 6.04. The van der Waals surface area contributed by atoms with Crippen molar-refractivity contribution in [2.24, 2.45) is 0 Å². The van der Waals surface area contributed by atoms with Crippen molar-refractivity contribution in [2.75, 3.05) is 13.7 Å². The highest BCUT2D eigenvalue weighted by Gasteiger charge is 2.16. The van der Waals surface area contributed by atoms with E-state index in [0.29, 0.717) is 18.1 Å². The molecule has 0 saturated carbocycles. The standard InChI is InChI=1S/C20H24N2O5/c1-4-5-10-27-17-7-6-14(12-18(17)26-3)13(2)22-19(23)15-8-9-21-16(11-15)20(24)25/h6-9,11-13H,4-5,10H2,1-3H3,(H,22,23)(H,24,25). The third-order valence-corrected chi connectivity index (χ3v) is 4.03. The molecular weight excluding hydrogens is 348 g/mol. The van der Waals surface area contributed by atoms with E-state index in [2.05, 4.69) is 17.2 Å². The Bertz CT molecular complexity index is 807. The maximum absolute atomic E-state index is 12.4. The zero-order chi connectivity index (χ0) is 19.8. The molecule has 27 heavy (non-hydrogen) atoms. The highest BCUT2D eigenvalue weighted by molar-refractivity contribution is 5.96. The van der Waals surface area contributed by atoms with Crippen LogP contribution >= 0.6 is 0 Å². The van der Waals surface area contributed by atoms with Crippen molar-refractivity contribution in [1.82, 2.24) is 10.3 Å². The van der Waals surface area contributed by atoms with Crippen molar-refractivity contribution in [2.45, 2.75) is 32.7 Å². The predicted molar refractivity (Wildman–Crippen MR) is 100 cm³/mol. The number of aromatic nitrogens is 1. The molecule has 1 amide bonds. The summed E-state index contributed by atoms with van der Waals surface area (Å²) in [6, 6.07) is 7.92. The lowest BCUT2D eigenvalue weighted by Crippen LogP contribution is -2.27. The van der Waals surface area contributed by atoms with E-state index in [0.717, 1.165) is 18.4 Å². The van der Waals surface area contributed by atoms with Crippen LogP contribution in [-0.4, -0.2) is 35.7 Å². The lowest BCUT2D eigenvalue weighted by atomic mass is 10.1. The van der Waals surface area contributed by atoms with Crippen LogP contribution in [0.15, 0.2) is 36.5 Å². The van der Waals surface area contributed by atoms with Gasteiger partial charge in [-0.3, -0.25) is 4.79 Å². The zero-order valence-electron chi connectivity index (χ0n) is 15.7. The molecule has 0 bridgehead atoms. The van der Waals surface area contributed by atoms with Crippen LogP contribution in [-0.2, 0) is 0 Å². The maximum atomic E-state index is 12.4. The van der Waals surface area contributed by atoms with E-state index in [4.69, 9.17) is 14.6 Å². The number of rotatable bonds is 9. The van der Waals surface area contributed by atoms with E-state index in [1.165, 1.54) is 18.3 Å². The van der Waals surface area contributed by atoms with Gasteiger partial charge >= 0.3 is 5.97 Å². The zero-order valence-corrected chi connectivity index (χ0v) is 15.7. The van der Waals surface area contributed by atoms with Crippen LogP contribution in [0.25, 0.3) is 0 Å². The molecule has 0 aliphatic rings. The summed E-state index contributed by atoms with van der Waals surface area (Å²) in [6.07, 6.45) is 3.30. The third-order valence-electron chi connectivity index (χ3n) is 4.03. The van der Waals surface area contributed by atoms with Crippen LogP contribution < -0.4 is 14.8 Å². The van der Waals surface area contributed by atoms with Crippen molar-refractivity contribution < 1.29 is 24.2 Å². The van der Waals surface area contributed by atoms with Gasteiger partial charge in [0, 0.05) is 11.8 Å². The van der Waals surface area contributed by atoms with Gasteiger partial charge in [0.1, 0.15) is 5.69 Å². The number of carboxylic acids is 1. The lowest BCUT2D eigenvalue weighted by molar-refractivity contribution is 0.0690. The number of amides is 1. The van der Waals surface area contributed by atoms with Crippen molar-refractivity contribution in [3.63, 3.8) is 0 Å². The van der Waals surface area contributed by atoms with Crippen molar-refractivity contribution in [1.29, 1.82) is 0 Å². The van der Waals surface area contributed by atoms with Crippen molar-refractivity contribution in [3.8, 4) is 11.5 Å². The number of methoxy groups -OCH3 is 1. The minimum atomic E-state index is -1.18. The van der Waals surface area contributed by atoms with Crippen LogP contribution in [0.3, 0.4) is 0 Å². The molecule has 1 heterocycles. The van der Waals surface area contributed by atoms with E-state index < -0.39 is 5.97 Å². The average molecular weight is 372 g/mol. The summed E-state index contributed by atoms with van der Waals surface area (Å²) in [7, 11) is 1.57. The highest BCUT2D eigenvalue weighted by Crippen LogP contribution is 2.30. The normalized spacial score (nSPS) is 11.5. The van der Waals surface area contributed by atoms with Crippen LogP contribution in [0.4, 0.5) is 0 Å². The number of aromatic carboxylic acids is 1. The number of nitrogens with zero attached hydrogens (tertiary/aromatic N) is 1. The minimum absolute atomic E-state index is 0.175. The summed E-state index contributed by atoms with van der Waals surface area (Å²) in [5.74, 6) is -0.300. The Hall–Kier alpha value is -3.09. The van der Waals surface area contributed by atoms with Gasteiger partial charge in [-0.1, -0.05) is 19.4 Å². The molecule has 7 heteroatoms. The monoisotopic (exact) mass is 372 g/mol. The number of benzene rings is 1. The van der Waals surface area contributed by atoms with Crippen molar-refractivity contribution >= 4 is 11.9 Å². The number of hydrogen-bond acceptors (Lipinski definition) is 5. The van der Waals surface area contributed by atoms with Gasteiger partial charge in [-0.25, -0.2) is 9.78 Å². The summed E-state index contributed by atoms with van der Waals surface area (Å²) >= 11 is 0. The first-order valence-electron chi connectivity index (χ1n) is 8.77. The molecule has 144 valence electrons. The Morgan fingerprint density at radius 3 is 2.67 bits per heavy atom. The summed E-state index contributed by atoms with van der Waals surface area (Å²) in [5, 5.41) is 11.8. The van der Waals surface area contributed by atoms with Gasteiger partial charge in [-0.15, -0.1) is 0 Å². The number of carbonyl (C=O) groups excluding carboxylic acids is 1. The molecule has 0 saturated heterocycles. The molecule has 1 unspecified atom stereocenters. The number of nitrogens with one attached hydrogen (secondary N) is 1. The van der Waals surface area contributed by atoms with Gasteiger partial charge in [-0.2, -0.15) is 0 Å². The molecule has 0 aliphatic carbocycles. The molecule has 1 aromatic heterocycles. The van der Waals surface area contributed by atoms with Crippen molar-refractivity contribution in [3.05, 3.63) is 53.3 Å². The number of carboxylic acid groups (broad SMARTS) is 1. The maximum Gasteiger partial charge on any atom is 0.354 e. The summed E-state index contributed by atoms with van der Waals surface area (Å²) in [4.78, 5) is 27.1. The number of unbranched alkanes of at least 4 members (excludes halogenated alkanes) is 1. The SMILES string of the molecule is CCCCOc1ccc(C(C)NC(=O)c2ccnc(C(=O)O)c2)cc1OC. The Morgan fingerprint density at radius 1 is 1.22 bits per heavy atom. The number of pyridine rings is 1. The molecule has 1 atom stereocenters. The topological polar surface area (TPSA) is 97.8 Å². The van der Waals surface area contributed by atoms with Crippen LogP contribution in [0.5, 0.6) is 11.5 Å². The molecule has 2 N–H and O–H groups in total. The third kappa shape index (κ3) is 5.44. The van der Waals surface area contributed by atoms with Gasteiger partial charge in [0.05, 0.1) is 19.8 Å². The van der Waals surface area contributed by atoms with E-state index in [9.17, 15) is 9.59 Å². The van der Waals surface area contributed by atoms with Gasteiger partial charge in [-0.05, 0) is 43.2 Å². The van der Waals surface area contributed by atoms with E-state index >= 15 is 0 Å². The Kier molecular flexibility index (Phi) is 7.16. The van der Waals surface area contributed by atoms with E-state index in [-0.39, 0.29) is 23.2 Å². The molecule has 7 nitrogen and oxygen atoms in total. The fourth-order valence-corrected chi connectivity index (χ4v) is 2.45. The second kappa shape index (κ2) is 9.56. The molecule has 1 aromatic carbocycles. The van der Waals surface area contributed by atoms with Gasteiger partial charge in [0.15, 0.2) is 11.5 Å². The smallest absolute Gasteiger partial charge is 0.354 e. The van der Waals surface area contributed by atoms with E-state index in [1.54, 1.807) is 7.11 Å². The molecule has 0 spiro atoms. The summed E-state index contributed by atoms with van der Waals surface area (Å²) < 4.78 is 11.1. The summed E-state index contributed by atoms with van der Waals surface area (Å²) in [5.41, 5.74) is 0.904.